The summed E-state index contributed by atoms with van der Waals surface area (Å²) in [5.41, 5.74) is 0.875. The molecule has 0 heterocycles. The number of unbranched alkanes of at least 4 members (excludes halogenated alkanes) is 4. The fourth-order valence-corrected chi connectivity index (χ4v) is 2.39. The lowest BCUT2D eigenvalue weighted by Crippen LogP contribution is -2.33. The van der Waals surface area contributed by atoms with Crippen LogP contribution < -0.4 is 0 Å². The van der Waals surface area contributed by atoms with Crippen molar-refractivity contribution in [3.63, 3.8) is 0 Å². The van der Waals surface area contributed by atoms with Gasteiger partial charge in [0.2, 0.25) is 5.91 Å². The highest BCUT2D eigenvalue weighted by Gasteiger charge is 2.13. The molecule has 1 amide bonds. The standard InChI is InChI=1S/C17H26N2O3/c1-3-5-6-7-8-13-18(4-2)17(20)14-15-9-11-16(12-10-15)19(21)22/h9-12H,3-8,13-14H2,1-2H3. The quantitative estimate of drug-likeness (QED) is 0.373. The number of non-ortho nitro benzene ring substituents is 1. The first-order valence-electron chi connectivity index (χ1n) is 8.09. The number of carbonyl (C=O) groups is 1. The van der Waals surface area contributed by atoms with Crippen LogP contribution in [0.1, 0.15) is 51.5 Å². The average molecular weight is 306 g/mol. The van der Waals surface area contributed by atoms with E-state index in [9.17, 15) is 14.9 Å². The van der Waals surface area contributed by atoms with Crippen LogP contribution in [-0.4, -0.2) is 28.8 Å². The van der Waals surface area contributed by atoms with Crippen LogP contribution in [0, 0.1) is 10.1 Å². The fraction of sp³-hybridized carbons (Fsp3) is 0.588. The Bertz CT molecular complexity index is 471. The minimum absolute atomic E-state index is 0.0551. The van der Waals surface area contributed by atoms with Gasteiger partial charge in [-0.25, -0.2) is 0 Å². The number of benzene rings is 1. The second-order valence-electron chi connectivity index (χ2n) is 5.49. The summed E-state index contributed by atoms with van der Waals surface area (Å²) in [6.45, 7) is 5.68. The maximum atomic E-state index is 12.3. The van der Waals surface area contributed by atoms with Crippen LogP contribution in [0.4, 0.5) is 5.69 Å². The Morgan fingerprint density at radius 2 is 1.73 bits per heavy atom. The molecule has 0 N–H and O–H groups in total. The zero-order chi connectivity index (χ0) is 16.4. The molecule has 0 fully saturated rings. The third-order valence-electron chi connectivity index (χ3n) is 3.77. The molecule has 22 heavy (non-hydrogen) atoms. The van der Waals surface area contributed by atoms with Crippen molar-refractivity contribution in [2.45, 2.75) is 52.4 Å². The first-order chi connectivity index (χ1) is 10.6. The Morgan fingerprint density at radius 3 is 2.27 bits per heavy atom. The highest BCUT2D eigenvalue weighted by molar-refractivity contribution is 5.78. The second kappa shape index (κ2) is 9.92. The Balaban J connectivity index is 2.45. The minimum atomic E-state index is -0.430. The van der Waals surface area contributed by atoms with Crippen LogP contribution in [0.15, 0.2) is 24.3 Å². The summed E-state index contributed by atoms with van der Waals surface area (Å²) in [5, 5.41) is 10.6. The number of nitro benzene ring substituents is 1. The molecular weight excluding hydrogens is 280 g/mol. The lowest BCUT2D eigenvalue weighted by molar-refractivity contribution is -0.384. The number of hydrogen-bond donors (Lipinski definition) is 0. The minimum Gasteiger partial charge on any atom is -0.343 e. The van der Waals surface area contributed by atoms with Crippen molar-refractivity contribution in [1.82, 2.24) is 4.90 Å². The number of nitrogens with zero attached hydrogens (tertiary/aromatic N) is 2. The lowest BCUT2D eigenvalue weighted by Gasteiger charge is -2.21. The van der Waals surface area contributed by atoms with Crippen molar-refractivity contribution < 1.29 is 9.72 Å². The van der Waals surface area contributed by atoms with Crippen LogP contribution in [0.2, 0.25) is 0 Å². The van der Waals surface area contributed by atoms with Crippen LogP contribution >= 0.6 is 0 Å². The smallest absolute Gasteiger partial charge is 0.269 e. The summed E-state index contributed by atoms with van der Waals surface area (Å²) in [6, 6.07) is 6.21. The first-order valence-corrected chi connectivity index (χ1v) is 8.09. The summed E-state index contributed by atoms with van der Waals surface area (Å²) in [5.74, 6) is 0.0897. The molecule has 1 aromatic carbocycles. The maximum Gasteiger partial charge on any atom is 0.269 e. The zero-order valence-electron chi connectivity index (χ0n) is 13.6. The Morgan fingerprint density at radius 1 is 1.09 bits per heavy atom. The molecule has 0 aliphatic rings. The number of nitro groups is 1. The van der Waals surface area contributed by atoms with Gasteiger partial charge in [0.05, 0.1) is 11.3 Å². The van der Waals surface area contributed by atoms with E-state index in [2.05, 4.69) is 6.92 Å². The summed E-state index contributed by atoms with van der Waals surface area (Å²) in [6.07, 6.45) is 6.21. The normalized spacial score (nSPS) is 10.5. The van der Waals surface area contributed by atoms with Gasteiger partial charge in [-0.15, -0.1) is 0 Å². The van der Waals surface area contributed by atoms with Gasteiger partial charge in [0.15, 0.2) is 0 Å². The highest BCUT2D eigenvalue weighted by atomic mass is 16.6. The third kappa shape index (κ3) is 6.24. The maximum absolute atomic E-state index is 12.3. The van der Waals surface area contributed by atoms with Crippen molar-refractivity contribution in [1.29, 1.82) is 0 Å². The van der Waals surface area contributed by atoms with Crippen molar-refractivity contribution in [2.75, 3.05) is 13.1 Å². The summed E-state index contributed by atoms with van der Waals surface area (Å²) in [4.78, 5) is 24.3. The van der Waals surface area contributed by atoms with E-state index in [1.54, 1.807) is 12.1 Å². The molecule has 0 aliphatic heterocycles. The molecule has 0 atom stereocenters. The third-order valence-corrected chi connectivity index (χ3v) is 3.77. The molecular formula is C17H26N2O3. The molecule has 1 aromatic rings. The zero-order valence-corrected chi connectivity index (χ0v) is 13.6. The Hall–Kier alpha value is -1.91. The van der Waals surface area contributed by atoms with E-state index in [1.165, 1.54) is 31.4 Å². The van der Waals surface area contributed by atoms with Crippen molar-refractivity contribution in [2.24, 2.45) is 0 Å². The van der Waals surface area contributed by atoms with E-state index in [0.717, 1.165) is 24.9 Å². The van der Waals surface area contributed by atoms with Crippen LogP contribution in [0.25, 0.3) is 0 Å². The highest BCUT2D eigenvalue weighted by Crippen LogP contribution is 2.13. The fourth-order valence-electron chi connectivity index (χ4n) is 2.39. The van der Waals surface area contributed by atoms with Crippen LogP contribution in [0.5, 0.6) is 0 Å². The molecule has 5 nitrogen and oxygen atoms in total. The van der Waals surface area contributed by atoms with Gasteiger partial charge in [0.25, 0.3) is 5.69 Å². The first kappa shape index (κ1) is 18.1. The average Bonchev–Trinajstić information content (AvgIpc) is 2.51. The molecule has 0 saturated heterocycles. The number of carbonyl (C=O) groups excluding carboxylic acids is 1. The molecule has 122 valence electrons. The number of hydrogen-bond acceptors (Lipinski definition) is 3. The lowest BCUT2D eigenvalue weighted by atomic mass is 10.1. The number of likely N-dealkylation sites (N-methyl/N-ethyl adjacent to an activating group) is 1. The van der Waals surface area contributed by atoms with Gasteiger partial charge in [-0.05, 0) is 18.9 Å². The van der Waals surface area contributed by atoms with Gasteiger partial charge in [-0.3, -0.25) is 14.9 Å². The van der Waals surface area contributed by atoms with Gasteiger partial charge in [-0.1, -0.05) is 44.7 Å². The molecule has 0 aliphatic carbocycles. The monoisotopic (exact) mass is 306 g/mol. The van der Waals surface area contributed by atoms with E-state index in [0.29, 0.717) is 13.0 Å². The van der Waals surface area contributed by atoms with Gasteiger partial charge < -0.3 is 4.90 Å². The molecule has 5 heteroatoms. The number of amides is 1. The van der Waals surface area contributed by atoms with E-state index in [4.69, 9.17) is 0 Å². The molecule has 0 bridgehead atoms. The summed E-state index contributed by atoms with van der Waals surface area (Å²) in [7, 11) is 0. The number of rotatable bonds is 10. The topological polar surface area (TPSA) is 63.5 Å². The second-order valence-corrected chi connectivity index (χ2v) is 5.49. The summed E-state index contributed by atoms with van der Waals surface area (Å²) < 4.78 is 0. The molecule has 0 radical (unpaired) electrons. The summed E-state index contributed by atoms with van der Waals surface area (Å²) >= 11 is 0. The Labute approximate surface area is 132 Å². The largest absolute Gasteiger partial charge is 0.343 e. The van der Waals surface area contributed by atoms with Crippen molar-refractivity contribution in [3.05, 3.63) is 39.9 Å². The predicted molar refractivity (Wildman–Crippen MR) is 87.8 cm³/mol. The van der Waals surface area contributed by atoms with Crippen LogP contribution in [-0.2, 0) is 11.2 Å². The molecule has 0 aromatic heterocycles. The van der Waals surface area contributed by atoms with Crippen molar-refractivity contribution in [3.8, 4) is 0 Å². The predicted octanol–water partition coefficient (Wildman–Crippen LogP) is 3.96. The van der Waals surface area contributed by atoms with Gasteiger partial charge in [0.1, 0.15) is 0 Å². The Kier molecular flexibility index (Phi) is 8.18. The molecule has 0 spiro atoms. The van der Waals surface area contributed by atoms with E-state index >= 15 is 0 Å². The van der Waals surface area contributed by atoms with E-state index in [-0.39, 0.29) is 11.6 Å². The van der Waals surface area contributed by atoms with Crippen molar-refractivity contribution >= 4 is 11.6 Å². The van der Waals surface area contributed by atoms with Crippen LogP contribution in [0.3, 0.4) is 0 Å². The van der Waals surface area contributed by atoms with Gasteiger partial charge >= 0.3 is 0 Å². The molecule has 0 saturated carbocycles. The molecule has 1 rings (SSSR count). The SMILES string of the molecule is CCCCCCCN(CC)C(=O)Cc1ccc([N+](=O)[O-])cc1. The molecule has 0 unspecified atom stereocenters. The van der Waals surface area contributed by atoms with E-state index < -0.39 is 4.92 Å². The van der Waals surface area contributed by atoms with Gasteiger partial charge in [0, 0.05) is 25.2 Å². The van der Waals surface area contributed by atoms with Gasteiger partial charge in [-0.2, -0.15) is 0 Å². The van der Waals surface area contributed by atoms with E-state index in [1.807, 2.05) is 11.8 Å².